The number of aryl methyl sites for hydroxylation is 1. The van der Waals surface area contributed by atoms with Crippen molar-refractivity contribution in [2.45, 2.75) is 13.5 Å². The van der Waals surface area contributed by atoms with Gasteiger partial charge in [0.2, 0.25) is 5.13 Å². The Bertz CT molecular complexity index is 772. The number of para-hydroxylation sites is 2. The molecule has 0 saturated carbocycles. The number of ether oxygens (including phenoxy) is 2. The first-order valence-electron chi connectivity index (χ1n) is 7.18. The van der Waals surface area contributed by atoms with Gasteiger partial charge in [-0.15, -0.1) is 0 Å². The van der Waals surface area contributed by atoms with Crippen molar-refractivity contribution in [3.63, 3.8) is 0 Å². The normalized spacial score (nSPS) is 10.3. The minimum Gasteiger partial charge on any atom is -0.493 e. The summed E-state index contributed by atoms with van der Waals surface area (Å²) in [4.78, 5) is 4.28. The van der Waals surface area contributed by atoms with Crippen LogP contribution in [0.5, 0.6) is 17.2 Å². The van der Waals surface area contributed by atoms with Crippen LogP contribution in [0.25, 0.3) is 0 Å². The summed E-state index contributed by atoms with van der Waals surface area (Å²) in [5, 5.41) is 4.08. The van der Waals surface area contributed by atoms with Gasteiger partial charge in [-0.2, -0.15) is 4.37 Å². The van der Waals surface area contributed by atoms with Crippen molar-refractivity contribution >= 4 is 16.7 Å². The van der Waals surface area contributed by atoms with Crippen LogP contribution in [0.2, 0.25) is 0 Å². The number of hydrogen-bond donors (Lipinski definition) is 1. The second-order valence-electron chi connectivity index (χ2n) is 4.90. The van der Waals surface area contributed by atoms with E-state index in [1.165, 1.54) is 11.5 Å². The molecular formula is C17H17N3O2S. The smallest absolute Gasteiger partial charge is 0.202 e. The molecule has 0 aliphatic heterocycles. The first-order valence-corrected chi connectivity index (χ1v) is 7.96. The van der Waals surface area contributed by atoms with Crippen LogP contribution in [-0.2, 0) is 6.54 Å². The van der Waals surface area contributed by atoms with Gasteiger partial charge in [-0.1, -0.05) is 24.3 Å². The molecule has 0 saturated heterocycles. The van der Waals surface area contributed by atoms with Crippen LogP contribution in [0.15, 0.2) is 48.5 Å². The zero-order chi connectivity index (χ0) is 16.1. The summed E-state index contributed by atoms with van der Waals surface area (Å²) in [7, 11) is 1.63. The van der Waals surface area contributed by atoms with Gasteiger partial charge in [0.05, 0.1) is 7.11 Å². The third kappa shape index (κ3) is 3.98. The summed E-state index contributed by atoms with van der Waals surface area (Å²) < 4.78 is 15.3. The van der Waals surface area contributed by atoms with Crippen molar-refractivity contribution in [2.24, 2.45) is 0 Å². The van der Waals surface area contributed by atoms with Gasteiger partial charge >= 0.3 is 0 Å². The van der Waals surface area contributed by atoms with Gasteiger partial charge in [0, 0.05) is 18.1 Å². The number of nitrogens with one attached hydrogen (secondary N) is 1. The second-order valence-corrected chi connectivity index (χ2v) is 5.65. The third-order valence-electron chi connectivity index (χ3n) is 3.19. The van der Waals surface area contributed by atoms with Gasteiger partial charge in [0.25, 0.3) is 0 Å². The van der Waals surface area contributed by atoms with E-state index in [1.54, 1.807) is 7.11 Å². The van der Waals surface area contributed by atoms with E-state index in [4.69, 9.17) is 9.47 Å². The van der Waals surface area contributed by atoms with Crippen molar-refractivity contribution in [3.8, 4) is 17.2 Å². The Morgan fingerprint density at radius 2 is 1.78 bits per heavy atom. The molecule has 23 heavy (non-hydrogen) atoms. The topological polar surface area (TPSA) is 56.3 Å². The molecule has 6 heteroatoms. The minimum absolute atomic E-state index is 0.698. The van der Waals surface area contributed by atoms with Crippen LogP contribution in [0.3, 0.4) is 0 Å². The minimum atomic E-state index is 0.698. The van der Waals surface area contributed by atoms with E-state index in [1.807, 2.05) is 55.5 Å². The maximum Gasteiger partial charge on any atom is 0.202 e. The lowest BCUT2D eigenvalue weighted by atomic mass is 10.2. The van der Waals surface area contributed by atoms with Crippen molar-refractivity contribution in [1.29, 1.82) is 0 Å². The van der Waals surface area contributed by atoms with Crippen LogP contribution in [0.4, 0.5) is 5.13 Å². The second kappa shape index (κ2) is 7.11. The molecule has 1 N–H and O–H groups in total. The SMILES string of the molecule is COc1ccccc1Oc1ccc(CNc2nc(C)ns2)cc1. The van der Waals surface area contributed by atoms with E-state index in [9.17, 15) is 0 Å². The molecule has 1 heterocycles. The van der Waals surface area contributed by atoms with Crippen LogP contribution in [-0.4, -0.2) is 16.5 Å². The van der Waals surface area contributed by atoms with E-state index >= 15 is 0 Å². The zero-order valence-corrected chi connectivity index (χ0v) is 13.8. The van der Waals surface area contributed by atoms with Crippen molar-refractivity contribution < 1.29 is 9.47 Å². The number of rotatable bonds is 6. The molecular weight excluding hydrogens is 310 g/mol. The average molecular weight is 327 g/mol. The fourth-order valence-electron chi connectivity index (χ4n) is 2.05. The molecule has 0 aliphatic rings. The average Bonchev–Trinajstić information content (AvgIpc) is 3.00. The quantitative estimate of drug-likeness (QED) is 0.733. The van der Waals surface area contributed by atoms with E-state index in [0.29, 0.717) is 18.0 Å². The van der Waals surface area contributed by atoms with Crippen molar-refractivity contribution in [3.05, 3.63) is 59.9 Å². The van der Waals surface area contributed by atoms with Gasteiger partial charge in [-0.25, -0.2) is 4.98 Å². The summed E-state index contributed by atoms with van der Waals surface area (Å²) in [6.07, 6.45) is 0. The number of benzene rings is 2. The Morgan fingerprint density at radius 3 is 2.43 bits per heavy atom. The zero-order valence-electron chi connectivity index (χ0n) is 12.9. The summed E-state index contributed by atoms with van der Waals surface area (Å²) >= 11 is 1.37. The van der Waals surface area contributed by atoms with Gasteiger partial charge in [-0.3, -0.25) is 0 Å². The van der Waals surface area contributed by atoms with E-state index in [-0.39, 0.29) is 0 Å². The molecule has 0 radical (unpaired) electrons. The molecule has 0 spiro atoms. The summed E-state index contributed by atoms with van der Waals surface area (Å²) in [6, 6.07) is 15.5. The Hall–Kier alpha value is -2.60. The van der Waals surface area contributed by atoms with Gasteiger partial charge in [-0.05, 0) is 36.8 Å². The molecule has 118 valence electrons. The Kier molecular flexibility index (Phi) is 4.73. The first kappa shape index (κ1) is 15.3. The predicted octanol–water partition coefficient (Wildman–Crippen LogP) is 4.26. The molecule has 2 aromatic carbocycles. The number of nitrogens with zero attached hydrogens (tertiary/aromatic N) is 2. The molecule has 0 fully saturated rings. The lowest BCUT2D eigenvalue weighted by molar-refractivity contribution is 0.379. The molecule has 3 rings (SSSR count). The van der Waals surface area contributed by atoms with Crippen molar-refractivity contribution in [2.75, 3.05) is 12.4 Å². The van der Waals surface area contributed by atoms with Crippen LogP contribution in [0.1, 0.15) is 11.4 Å². The highest BCUT2D eigenvalue weighted by atomic mass is 32.1. The predicted molar refractivity (Wildman–Crippen MR) is 91.5 cm³/mol. The lowest BCUT2D eigenvalue weighted by Crippen LogP contribution is -1.98. The molecule has 1 aromatic heterocycles. The number of aromatic nitrogens is 2. The number of hydrogen-bond acceptors (Lipinski definition) is 6. The van der Waals surface area contributed by atoms with Crippen LogP contribution >= 0.6 is 11.5 Å². The molecule has 0 unspecified atom stereocenters. The third-order valence-corrected chi connectivity index (χ3v) is 3.96. The molecule has 0 atom stereocenters. The summed E-state index contributed by atoms with van der Waals surface area (Å²) in [6.45, 7) is 2.58. The van der Waals surface area contributed by atoms with Crippen LogP contribution in [0, 0.1) is 6.92 Å². The maximum atomic E-state index is 5.86. The maximum absolute atomic E-state index is 5.86. The molecule has 0 amide bonds. The highest BCUT2D eigenvalue weighted by Gasteiger charge is 2.05. The van der Waals surface area contributed by atoms with Gasteiger partial charge < -0.3 is 14.8 Å². The van der Waals surface area contributed by atoms with Gasteiger partial charge in [0.1, 0.15) is 11.6 Å². The van der Waals surface area contributed by atoms with Crippen LogP contribution < -0.4 is 14.8 Å². The Labute approximate surface area is 139 Å². The van der Waals surface area contributed by atoms with E-state index < -0.39 is 0 Å². The van der Waals surface area contributed by atoms with E-state index in [2.05, 4.69) is 14.7 Å². The lowest BCUT2D eigenvalue weighted by Gasteiger charge is -2.10. The first-order chi connectivity index (χ1) is 11.2. The molecule has 0 aliphatic carbocycles. The highest BCUT2D eigenvalue weighted by molar-refractivity contribution is 7.09. The van der Waals surface area contributed by atoms with Gasteiger partial charge in [0.15, 0.2) is 11.5 Å². The summed E-state index contributed by atoms with van der Waals surface area (Å²) in [5.41, 5.74) is 1.14. The fraction of sp³-hybridized carbons (Fsp3) is 0.176. The highest BCUT2D eigenvalue weighted by Crippen LogP contribution is 2.30. The van der Waals surface area contributed by atoms with E-state index in [0.717, 1.165) is 22.3 Å². The monoisotopic (exact) mass is 327 g/mol. The standard InChI is InChI=1S/C17H17N3O2S/c1-12-19-17(23-20-12)18-11-13-7-9-14(10-8-13)22-16-6-4-3-5-15(16)21-2/h3-10H,11H2,1-2H3,(H,18,19,20). The fourth-order valence-corrected chi connectivity index (χ4v) is 2.62. The largest absolute Gasteiger partial charge is 0.493 e. The number of anilines is 1. The molecule has 0 bridgehead atoms. The Balaban J connectivity index is 1.62. The Morgan fingerprint density at radius 1 is 1.04 bits per heavy atom. The van der Waals surface area contributed by atoms with Crippen molar-refractivity contribution in [1.82, 2.24) is 9.36 Å². The number of methoxy groups -OCH3 is 1. The summed E-state index contributed by atoms with van der Waals surface area (Å²) in [5.74, 6) is 2.97. The molecule has 5 nitrogen and oxygen atoms in total. The molecule has 3 aromatic rings.